The fourth-order valence-electron chi connectivity index (χ4n) is 3.69. The van der Waals surface area contributed by atoms with E-state index in [0.717, 1.165) is 37.1 Å². The van der Waals surface area contributed by atoms with Gasteiger partial charge in [-0.05, 0) is 68.4 Å². The monoisotopic (exact) mass is 286 g/mol. The predicted molar refractivity (Wildman–Crippen MR) is 89.2 cm³/mol. The van der Waals surface area contributed by atoms with Gasteiger partial charge < -0.3 is 11.1 Å². The average Bonchev–Trinajstić information content (AvgIpc) is 3.40. The summed E-state index contributed by atoms with van der Waals surface area (Å²) in [5.74, 6) is 2.93. The molecule has 3 N–H and O–H groups in total. The topological polar surface area (TPSA) is 38.0 Å². The van der Waals surface area contributed by atoms with E-state index in [9.17, 15) is 0 Å². The summed E-state index contributed by atoms with van der Waals surface area (Å²) in [7, 11) is 0. The van der Waals surface area contributed by atoms with E-state index in [2.05, 4.69) is 42.6 Å². The molecule has 2 heteroatoms. The first-order chi connectivity index (χ1) is 10.3. The molecule has 0 aliphatic heterocycles. The van der Waals surface area contributed by atoms with Crippen LogP contribution in [0.1, 0.15) is 44.6 Å². The first-order valence-electron chi connectivity index (χ1n) is 8.75. The predicted octanol–water partition coefficient (Wildman–Crippen LogP) is 3.36. The summed E-state index contributed by atoms with van der Waals surface area (Å²) >= 11 is 0. The molecule has 1 unspecified atom stereocenters. The molecule has 0 amide bonds. The lowest BCUT2D eigenvalue weighted by atomic mass is 9.86. The molecule has 2 aliphatic rings. The molecule has 0 saturated heterocycles. The fraction of sp³-hybridized carbons (Fsp3) is 0.684. The molecule has 2 aliphatic carbocycles. The van der Waals surface area contributed by atoms with Gasteiger partial charge in [-0.3, -0.25) is 0 Å². The molecule has 2 nitrogen and oxygen atoms in total. The van der Waals surface area contributed by atoms with Crippen molar-refractivity contribution >= 4 is 0 Å². The normalized spacial score (nSPS) is 21.5. The molecule has 1 aromatic rings. The lowest BCUT2D eigenvalue weighted by Crippen LogP contribution is -2.54. The van der Waals surface area contributed by atoms with Crippen molar-refractivity contribution in [1.82, 2.24) is 5.32 Å². The Morgan fingerprint density at radius 3 is 2.24 bits per heavy atom. The number of hydrogen-bond acceptors (Lipinski definition) is 2. The molecular weight excluding hydrogens is 256 g/mol. The van der Waals surface area contributed by atoms with Gasteiger partial charge in [0.25, 0.3) is 0 Å². The minimum atomic E-state index is 0.0728. The summed E-state index contributed by atoms with van der Waals surface area (Å²) in [6, 6.07) is 10.8. The molecule has 1 aromatic carbocycles. The van der Waals surface area contributed by atoms with Gasteiger partial charge in [-0.1, -0.05) is 37.3 Å². The number of hydrogen-bond donors (Lipinski definition) is 2. The van der Waals surface area contributed by atoms with Crippen LogP contribution in [0.4, 0.5) is 0 Å². The largest absolute Gasteiger partial charge is 0.329 e. The van der Waals surface area contributed by atoms with E-state index < -0.39 is 0 Å². The Morgan fingerprint density at radius 1 is 1.14 bits per heavy atom. The summed E-state index contributed by atoms with van der Waals surface area (Å²) in [4.78, 5) is 0. The van der Waals surface area contributed by atoms with Crippen molar-refractivity contribution in [2.45, 2.75) is 51.0 Å². The van der Waals surface area contributed by atoms with Gasteiger partial charge in [0.05, 0.1) is 0 Å². The summed E-state index contributed by atoms with van der Waals surface area (Å²) in [6.07, 6.45) is 7.99. The average molecular weight is 286 g/mol. The summed E-state index contributed by atoms with van der Waals surface area (Å²) in [6.45, 7) is 4.17. The molecule has 0 aromatic heterocycles. The van der Waals surface area contributed by atoms with Gasteiger partial charge in [-0.15, -0.1) is 0 Å². The third-order valence-corrected chi connectivity index (χ3v) is 5.62. The maximum atomic E-state index is 6.17. The zero-order chi connectivity index (χ0) is 14.7. The quantitative estimate of drug-likeness (QED) is 0.730. The van der Waals surface area contributed by atoms with Crippen LogP contribution in [-0.4, -0.2) is 18.6 Å². The van der Waals surface area contributed by atoms with Crippen LogP contribution >= 0.6 is 0 Å². The van der Waals surface area contributed by atoms with Crippen molar-refractivity contribution in [3.63, 3.8) is 0 Å². The van der Waals surface area contributed by atoms with Gasteiger partial charge in [0.1, 0.15) is 0 Å². The highest BCUT2D eigenvalue weighted by molar-refractivity contribution is 5.18. The highest BCUT2D eigenvalue weighted by atomic mass is 15.0. The van der Waals surface area contributed by atoms with Crippen molar-refractivity contribution in [2.24, 2.45) is 23.5 Å². The fourth-order valence-corrected chi connectivity index (χ4v) is 3.69. The third-order valence-electron chi connectivity index (χ3n) is 5.62. The molecule has 0 bridgehead atoms. The minimum absolute atomic E-state index is 0.0728. The molecule has 2 saturated carbocycles. The zero-order valence-electron chi connectivity index (χ0n) is 13.4. The lowest BCUT2D eigenvalue weighted by Gasteiger charge is -2.35. The van der Waals surface area contributed by atoms with Crippen molar-refractivity contribution in [3.05, 3.63) is 35.9 Å². The van der Waals surface area contributed by atoms with E-state index in [-0.39, 0.29) is 5.54 Å². The van der Waals surface area contributed by atoms with Crippen molar-refractivity contribution in [3.8, 4) is 0 Å². The highest BCUT2D eigenvalue weighted by Gasteiger charge is 2.42. The second-order valence-electron chi connectivity index (χ2n) is 7.22. The number of nitrogens with one attached hydrogen (secondary N) is 1. The van der Waals surface area contributed by atoms with Gasteiger partial charge in [0, 0.05) is 12.1 Å². The molecule has 2 fully saturated rings. The van der Waals surface area contributed by atoms with Crippen molar-refractivity contribution in [2.75, 3.05) is 13.1 Å². The Bertz CT molecular complexity index is 418. The Labute approximate surface area is 129 Å². The Morgan fingerprint density at radius 2 is 1.76 bits per heavy atom. The third kappa shape index (κ3) is 3.87. The second kappa shape index (κ2) is 6.50. The SMILES string of the molecule is CCC(CN)(Cc1ccccc1)NCC(C1CC1)C1CC1. The van der Waals surface area contributed by atoms with Crippen molar-refractivity contribution < 1.29 is 0 Å². The maximum absolute atomic E-state index is 6.17. The Balaban J connectivity index is 1.62. The lowest BCUT2D eigenvalue weighted by molar-refractivity contribution is 0.269. The minimum Gasteiger partial charge on any atom is -0.329 e. The van der Waals surface area contributed by atoms with E-state index in [4.69, 9.17) is 5.73 Å². The number of benzene rings is 1. The highest BCUT2D eigenvalue weighted by Crippen LogP contribution is 2.49. The molecule has 1 atom stereocenters. The smallest absolute Gasteiger partial charge is 0.0342 e. The molecule has 21 heavy (non-hydrogen) atoms. The van der Waals surface area contributed by atoms with Crippen LogP contribution in [0.15, 0.2) is 30.3 Å². The second-order valence-corrected chi connectivity index (χ2v) is 7.22. The van der Waals surface area contributed by atoms with E-state index >= 15 is 0 Å². The van der Waals surface area contributed by atoms with E-state index in [0.29, 0.717) is 0 Å². The van der Waals surface area contributed by atoms with Crippen LogP contribution in [0.2, 0.25) is 0 Å². The Hall–Kier alpha value is -0.860. The van der Waals surface area contributed by atoms with Crippen LogP contribution in [0.3, 0.4) is 0 Å². The Kier molecular flexibility index (Phi) is 4.66. The maximum Gasteiger partial charge on any atom is 0.0342 e. The van der Waals surface area contributed by atoms with Crippen LogP contribution in [-0.2, 0) is 6.42 Å². The zero-order valence-corrected chi connectivity index (χ0v) is 13.4. The summed E-state index contributed by atoms with van der Waals surface area (Å²) in [5.41, 5.74) is 7.64. The van der Waals surface area contributed by atoms with Crippen LogP contribution in [0.5, 0.6) is 0 Å². The molecule has 0 spiro atoms. The van der Waals surface area contributed by atoms with Crippen LogP contribution in [0, 0.1) is 17.8 Å². The number of rotatable bonds is 9. The van der Waals surface area contributed by atoms with Gasteiger partial charge in [-0.2, -0.15) is 0 Å². The first kappa shape index (κ1) is 15.1. The van der Waals surface area contributed by atoms with Gasteiger partial charge in [0.2, 0.25) is 0 Å². The molecular formula is C19H30N2. The molecule has 0 heterocycles. The van der Waals surface area contributed by atoms with Gasteiger partial charge >= 0.3 is 0 Å². The molecule has 0 radical (unpaired) electrons. The van der Waals surface area contributed by atoms with E-state index in [1.807, 2.05) is 0 Å². The van der Waals surface area contributed by atoms with Crippen LogP contribution < -0.4 is 11.1 Å². The van der Waals surface area contributed by atoms with Crippen molar-refractivity contribution in [1.29, 1.82) is 0 Å². The number of nitrogens with two attached hydrogens (primary N) is 1. The van der Waals surface area contributed by atoms with Gasteiger partial charge in [-0.25, -0.2) is 0 Å². The van der Waals surface area contributed by atoms with E-state index in [1.54, 1.807) is 0 Å². The van der Waals surface area contributed by atoms with Crippen LogP contribution in [0.25, 0.3) is 0 Å². The van der Waals surface area contributed by atoms with Gasteiger partial charge in [0.15, 0.2) is 0 Å². The molecule has 3 rings (SSSR count). The van der Waals surface area contributed by atoms with E-state index in [1.165, 1.54) is 37.8 Å². The standard InChI is InChI=1S/C19H30N2/c1-2-19(14-20,12-15-6-4-3-5-7-15)21-13-18(16-8-9-16)17-10-11-17/h3-7,16-18,21H,2,8-14,20H2,1H3. The summed E-state index contributed by atoms with van der Waals surface area (Å²) in [5, 5.41) is 3.90. The molecule has 116 valence electrons. The summed E-state index contributed by atoms with van der Waals surface area (Å²) < 4.78 is 0. The first-order valence-corrected chi connectivity index (χ1v) is 8.75.